The van der Waals surface area contributed by atoms with Gasteiger partial charge in [0.05, 0.1) is 17.7 Å². The van der Waals surface area contributed by atoms with Gasteiger partial charge in [-0.3, -0.25) is 4.79 Å². The summed E-state index contributed by atoms with van der Waals surface area (Å²) >= 11 is 5.93. The third-order valence-electron chi connectivity index (χ3n) is 3.76. The Morgan fingerprint density at radius 3 is 2.50 bits per heavy atom. The smallest absolute Gasteiger partial charge is 0.262 e. The summed E-state index contributed by atoms with van der Waals surface area (Å²) in [6.07, 6.45) is 1.67. The maximum atomic E-state index is 12.1. The molecule has 28 heavy (non-hydrogen) atoms. The molecule has 1 amide bonds. The van der Waals surface area contributed by atoms with Crippen molar-refractivity contribution in [1.82, 2.24) is 4.72 Å². The van der Waals surface area contributed by atoms with Crippen molar-refractivity contribution >= 4 is 33.2 Å². The summed E-state index contributed by atoms with van der Waals surface area (Å²) < 4.78 is 37.4. The molecule has 0 saturated heterocycles. The molecule has 2 aromatic rings. The first-order valence-corrected chi connectivity index (χ1v) is 10.6. The Morgan fingerprint density at radius 1 is 1.14 bits per heavy atom. The van der Waals surface area contributed by atoms with Crippen LogP contribution in [0, 0.1) is 0 Å². The second kappa shape index (κ2) is 10.3. The molecule has 2 rings (SSSR count). The Bertz CT molecular complexity index is 901. The lowest BCUT2D eigenvalue weighted by Gasteiger charge is -2.11. The summed E-state index contributed by atoms with van der Waals surface area (Å²) in [5, 5.41) is 3.12. The maximum absolute atomic E-state index is 12.1. The number of methoxy groups -OCH3 is 1. The van der Waals surface area contributed by atoms with E-state index in [1.807, 2.05) is 6.92 Å². The van der Waals surface area contributed by atoms with E-state index >= 15 is 0 Å². The van der Waals surface area contributed by atoms with Gasteiger partial charge >= 0.3 is 0 Å². The van der Waals surface area contributed by atoms with E-state index in [-0.39, 0.29) is 11.5 Å². The van der Waals surface area contributed by atoms with Crippen LogP contribution in [0.4, 0.5) is 5.69 Å². The molecule has 9 heteroatoms. The molecule has 0 atom stereocenters. The second-order valence-electron chi connectivity index (χ2n) is 5.90. The van der Waals surface area contributed by atoms with Gasteiger partial charge in [-0.05, 0) is 48.9 Å². The number of halogens is 1. The van der Waals surface area contributed by atoms with Crippen molar-refractivity contribution in [1.29, 1.82) is 0 Å². The minimum absolute atomic E-state index is 0.143. The first-order valence-electron chi connectivity index (χ1n) is 8.71. The summed E-state index contributed by atoms with van der Waals surface area (Å²) in [5.41, 5.74) is 0.434. The fourth-order valence-electron chi connectivity index (χ4n) is 2.29. The molecule has 0 aliphatic rings. The van der Waals surface area contributed by atoms with E-state index in [4.69, 9.17) is 21.1 Å². The lowest BCUT2D eigenvalue weighted by atomic mass is 10.3. The number of ether oxygens (including phenoxy) is 2. The molecule has 0 bridgehead atoms. The van der Waals surface area contributed by atoms with Crippen LogP contribution in [0.1, 0.15) is 19.8 Å². The van der Waals surface area contributed by atoms with E-state index < -0.39 is 15.9 Å². The third kappa shape index (κ3) is 6.40. The fraction of sp³-hybridized carbons (Fsp3) is 0.316. The van der Waals surface area contributed by atoms with Gasteiger partial charge in [-0.2, -0.15) is 0 Å². The molecule has 0 spiro atoms. The predicted octanol–water partition coefficient (Wildman–Crippen LogP) is 3.44. The Hall–Kier alpha value is -2.29. The van der Waals surface area contributed by atoms with Crippen LogP contribution in [0.15, 0.2) is 47.4 Å². The molecule has 0 radical (unpaired) electrons. The predicted molar refractivity (Wildman–Crippen MR) is 109 cm³/mol. The number of sulfonamides is 1. The second-order valence-corrected chi connectivity index (χ2v) is 8.11. The molecule has 152 valence electrons. The van der Waals surface area contributed by atoms with Gasteiger partial charge in [-0.25, -0.2) is 13.1 Å². The van der Waals surface area contributed by atoms with Gasteiger partial charge in [-0.1, -0.05) is 24.9 Å². The number of nitrogens with one attached hydrogen (secondary N) is 2. The van der Waals surface area contributed by atoms with Crippen molar-refractivity contribution in [2.24, 2.45) is 0 Å². The highest BCUT2D eigenvalue weighted by Crippen LogP contribution is 2.27. The van der Waals surface area contributed by atoms with Crippen LogP contribution in [-0.4, -0.2) is 34.6 Å². The van der Waals surface area contributed by atoms with Gasteiger partial charge in [0.15, 0.2) is 6.61 Å². The van der Waals surface area contributed by atoms with E-state index in [9.17, 15) is 13.2 Å². The highest BCUT2D eigenvalue weighted by Gasteiger charge is 2.13. The molecule has 0 fully saturated rings. The standard InChI is InChI=1S/C19H23ClN2O5S/c1-3-4-11-21-28(24,25)16-8-6-15(7-9-16)27-13-19(23)22-17-12-14(20)5-10-18(17)26-2/h5-10,12,21H,3-4,11,13H2,1-2H3,(H,22,23). The average Bonchev–Trinajstić information content (AvgIpc) is 2.67. The normalized spacial score (nSPS) is 11.1. The highest BCUT2D eigenvalue weighted by atomic mass is 35.5. The quantitative estimate of drug-likeness (QED) is 0.567. The van der Waals surface area contributed by atoms with Crippen LogP contribution in [0.25, 0.3) is 0 Å². The number of rotatable bonds is 10. The molecule has 0 saturated carbocycles. The number of amides is 1. The van der Waals surface area contributed by atoms with Crippen LogP contribution in [0.5, 0.6) is 11.5 Å². The molecular weight excluding hydrogens is 404 g/mol. The molecule has 0 unspecified atom stereocenters. The van der Waals surface area contributed by atoms with Gasteiger partial charge in [0.1, 0.15) is 11.5 Å². The van der Waals surface area contributed by atoms with Crippen molar-refractivity contribution in [2.45, 2.75) is 24.7 Å². The van der Waals surface area contributed by atoms with Crippen LogP contribution in [-0.2, 0) is 14.8 Å². The van der Waals surface area contributed by atoms with Crippen molar-refractivity contribution in [3.8, 4) is 11.5 Å². The first kappa shape index (κ1) is 22.0. The number of hydrogen-bond donors (Lipinski definition) is 2. The molecule has 2 N–H and O–H groups in total. The lowest BCUT2D eigenvalue weighted by molar-refractivity contribution is -0.118. The fourth-order valence-corrected chi connectivity index (χ4v) is 3.54. The molecular formula is C19H23ClN2O5S. The van der Waals surface area contributed by atoms with E-state index in [0.717, 1.165) is 12.8 Å². The Balaban J connectivity index is 1.92. The van der Waals surface area contributed by atoms with Crippen LogP contribution >= 0.6 is 11.6 Å². The van der Waals surface area contributed by atoms with Gasteiger partial charge in [0.25, 0.3) is 5.91 Å². The Morgan fingerprint density at radius 2 is 1.86 bits per heavy atom. The van der Waals surface area contributed by atoms with E-state index in [2.05, 4.69) is 10.0 Å². The Labute approximate surface area is 170 Å². The zero-order chi connectivity index (χ0) is 20.6. The molecule has 0 heterocycles. The number of anilines is 1. The van der Waals surface area contributed by atoms with Gasteiger partial charge < -0.3 is 14.8 Å². The number of unbranched alkanes of at least 4 members (excludes halogenated alkanes) is 1. The van der Waals surface area contributed by atoms with Gasteiger partial charge in [0.2, 0.25) is 10.0 Å². The van der Waals surface area contributed by atoms with Gasteiger partial charge in [0, 0.05) is 11.6 Å². The maximum Gasteiger partial charge on any atom is 0.262 e. The van der Waals surface area contributed by atoms with Crippen molar-refractivity contribution < 1.29 is 22.7 Å². The van der Waals surface area contributed by atoms with E-state index in [1.165, 1.54) is 31.4 Å². The summed E-state index contributed by atoms with van der Waals surface area (Å²) in [6, 6.07) is 10.7. The van der Waals surface area contributed by atoms with Crippen LogP contribution in [0.2, 0.25) is 5.02 Å². The Kier molecular flexibility index (Phi) is 8.10. The summed E-state index contributed by atoms with van der Waals surface area (Å²) in [6.45, 7) is 2.12. The topological polar surface area (TPSA) is 93.7 Å². The molecule has 0 aromatic heterocycles. The minimum atomic E-state index is -3.54. The lowest BCUT2D eigenvalue weighted by Crippen LogP contribution is -2.24. The number of benzene rings is 2. The van der Waals surface area contributed by atoms with Gasteiger partial charge in [-0.15, -0.1) is 0 Å². The SMILES string of the molecule is CCCCNS(=O)(=O)c1ccc(OCC(=O)Nc2cc(Cl)ccc2OC)cc1. The van der Waals surface area contributed by atoms with E-state index in [0.29, 0.717) is 28.8 Å². The van der Waals surface area contributed by atoms with Crippen molar-refractivity contribution in [2.75, 3.05) is 25.6 Å². The monoisotopic (exact) mass is 426 g/mol. The van der Waals surface area contributed by atoms with Crippen LogP contribution in [0.3, 0.4) is 0 Å². The minimum Gasteiger partial charge on any atom is -0.495 e. The summed E-state index contributed by atoms with van der Waals surface area (Å²) in [7, 11) is -2.06. The number of carbonyl (C=O) groups excluding carboxylic acids is 1. The van der Waals surface area contributed by atoms with Crippen molar-refractivity contribution in [3.05, 3.63) is 47.5 Å². The zero-order valence-corrected chi connectivity index (χ0v) is 17.3. The summed E-state index contributed by atoms with van der Waals surface area (Å²) in [5.74, 6) is 0.446. The number of hydrogen-bond acceptors (Lipinski definition) is 5. The molecule has 2 aromatic carbocycles. The highest BCUT2D eigenvalue weighted by molar-refractivity contribution is 7.89. The molecule has 7 nitrogen and oxygen atoms in total. The third-order valence-corrected chi connectivity index (χ3v) is 5.47. The summed E-state index contributed by atoms with van der Waals surface area (Å²) in [4.78, 5) is 12.2. The average molecular weight is 427 g/mol. The first-order chi connectivity index (χ1) is 13.4. The molecule has 0 aliphatic carbocycles. The molecule has 0 aliphatic heterocycles. The zero-order valence-electron chi connectivity index (χ0n) is 15.7. The number of carbonyl (C=O) groups is 1. The van der Waals surface area contributed by atoms with Crippen LogP contribution < -0.4 is 19.5 Å². The largest absolute Gasteiger partial charge is 0.495 e. The van der Waals surface area contributed by atoms with E-state index in [1.54, 1.807) is 18.2 Å². The van der Waals surface area contributed by atoms with Crippen molar-refractivity contribution in [3.63, 3.8) is 0 Å².